The van der Waals surface area contributed by atoms with Gasteiger partial charge in [-0.3, -0.25) is 13.8 Å². The molecule has 3 atom stereocenters. The largest absolute Gasteiger partial charge is 0.472 e. The zero-order chi connectivity index (χ0) is 57.0. The molecule has 458 valence electrons. The van der Waals surface area contributed by atoms with Crippen LogP contribution in [0.5, 0.6) is 0 Å². The lowest BCUT2D eigenvalue weighted by atomic mass is 10.0. The van der Waals surface area contributed by atoms with Gasteiger partial charge in [-0.2, -0.15) is 0 Å². The summed E-state index contributed by atoms with van der Waals surface area (Å²) in [5, 5.41) is 14.0. The van der Waals surface area contributed by atoms with Crippen LogP contribution in [0.15, 0.2) is 60.8 Å². The van der Waals surface area contributed by atoms with Gasteiger partial charge in [0.05, 0.1) is 39.9 Å². The smallest absolute Gasteiger partial charge is 0.387 e. The molecule has 3 N–H and O–H groups in total. The maximum atomic E-state index is 13.0. The third kappa shape index (κ3) is 61.8. The third-order valence-corrected chi connectivity index (χ3v) is 16.2. The minimum atomic E-state index is -4.36. The summed E-state index contributed by atoms with van der Waals surface area (Å²) in [6.45, 7) is 4.82. The summed E-state index contributed by atoms with van der Waals surface area (Å²) in [5.41, 5.74) is 0. The molecule has 0 aliphatic heterocycles. The number of phosphoric ester groups is 1. The maximum absolute atomic E-state index is 13.0. The van der Waals surface area contributed by atoms with Gasteiger partial charge in [-0.25, -0.2) is 4.57 Å². The van der Waals surface area contributed by atoms with E-state index in [2.05, 4.69) is 67.8 Å². The Morgan fingerprint density at radius 1 is 0.436 bits per heavy atom. The van der Waals surface area contributed by atoms with Crippen molar-refractivity contribution >= 4 is 13.7 Å². The van der Waals surface area contributed by atoms with Gasteiger partial charge in [-0.15, -0.1) is 0 Å². The SMILES string of the molecule is CCCCCCC/C=C\C/C=C\C/C=C\CCCCCCCCCCCCCCCCCCCCC(=O)NC(COP(=O)(O)OCC[N+](C)(C)C)C(O)/C=C/CC/C=C/CCCCCCCCCCCCCCCCCCC. The molecule has 9 heteroatoms. The van der Waals surface area contributed by atoms with Gasteiger partial charge < -0.3 is 19.8 Å². The molecule has 0 aliphatic rings. The molecule has 0 aliphatic carbocycles. The summed E-state index contributed by atoms with van der Waals surface area (Å²) in [5.74, 6) is -0.183. The van der Waals surface area contributed by atoms with Crippen LogP contribution < -0.4 is 5.32 Å². The average Bonchev–Trinajstić information content (AvgIpc) is 3.41. The summed E-state index contributed by atoms with van der Waals surface area (Å²) in [6.07, 6.45) is 82.2. The number of amides is 1. The number of aliphatic hydroxyl groups excluding tert-OH is 1. The first-order chi connectivity index (χ1) is 38.0. The molecule has 0 radical (unpaired) electrons. The van der Waals surface area contributed by atoms with E-state index in [0.29, 0.717) is 17.4 Å². The Bertz CT molecular complexity index is 1450. The van der Waals surface area contributed by atoms with Gasteiger partial charge in [-0.1, -0.05) is 306 Å². The van der Waals surface area contributed by atoms with Crippen LogP contribution in [0.2, 0.25) is 0 Å². The molecule has 0 spiro atoms. The van der Waals surface area contributed by atoms with Crippen LogP contribution in [0, 0.1) is 0 Å². The molecule has 0 saturated carbocycles. The number of likely N-dealkylation sites (N-methyl/N-ethyl adjacent to an activating group) is 1. The van der Waals surface area contributed by atoms with Gasteiger partial charge in [-0.05, 0) is 70.6 Å². The fourth-order valence-electron chi connectivity index (χ4n) is 9.95. The second kappa shape index (κ2) is 59.8. The minimum absolute atomic E-state index is 0.0561. The van der Waals surface area contributed by atoms with Crippen molar-refractivity contribution < 1.29 is 32.9 Å². The predicted molar refractivity (Wildman–Crippen MR) is 341 cm³/mol. The van der Waals surface area contributed by atoms with Crippen molar-refractivity contribution in [2.45, 2.75) is 334 Å². The Morgan fingerprint density at radius 2 is 0.744 bits per heavy atom. The zero-order valence-corrected chi connectivity index (χ0v) is 53.3. The van der Waals surface area contributed by atoms with Crippen molar-refractivity contribution in [3.8, 4) is 0 Å². The molecule has 0 bridgehead atoms. The molecule has 0 saturated heterocycles. The van der Waals surface area contributed by atoms with E-state index in [0.717, 1.165) is 51.4 Å². The molecule has 0 aromatic rings. The third-order valence-electron chi connectivity index (χ3n) is 15.2. The van der Waals surface area contributed by atoms with E-state index in [4.69, 9.17) is 9.05 Å². The number of carbonyl (C=O) groups excluding carboxylic acids is 1. The number of hydrogen-bond donors (Lipinski definition) is 3. The molecule has 0 aromatic heterocycles. The molecule has 0 heterocycles. The van der Waals surface area contributed by atoms with Crippen molar-refractivity contribution in [1.29, 1.82) is 0 Å². The molecular weight excluding hydrogens is 984 g/mol. The molecule has 1 amide bonds. The fourth-order valence-corrected chi connectivity index (χ4v) is 10.7. The lowest BCUT2D eigenvalue weighted by Crippen LogP contribution is -2.45. The number of nitrogens with zero attached hydrogens (tertiary/aromatic N) is 1. The number of unbranched alkanes of at least 4 members (excludes halogenated alkanes) is 41. The summed E-state index contributed by atoms with van der Waals surface area (Å²) in [7, 11) is 1.56. The Balaban J connectivity index is 4.09. The average molecular weight is 1120 g/mol. The number of nitrogens with one attached hydrogen (secondary N) is 1. The minimum Gasteiger partial charge on any atom is -0.387 e. The van der Waals surface area contributed by atoms with Crippen LogP contribution in [-0.2, 0) is 18.4 Å². The van der Waals surface area contributed by atoms with Gasteiger partial charge in [0.25, 0.3) is 0 Å². The molecule has 0 rings (SSSR count). The van der Waals surface area contributed by atoms with Gasteiger partial charge in [0.15, 0.2) is 0 Å². The Morgan fingerprint density at radius 3 is 1.12 bits per heavy atom. The lowest BCUT2D eigenvalue weighted by Gasteiger charge is -2.25. The van der Waals surface area contributed by atoms with Crippen molar-refractivity contribution in [1.82, 2.24) is 5.32 Å². The quantitative estimate of drug-likeness (QED) is 0.0243. The number of hydrogen-bond acceptors (Lipinski definition) is 5. The first-order valence-corrected chi connectivity index (χ1v) is 35.2. The molecule has 78 heavy (non-hydrogen) atoms. The van der Waals surface area contributed by atoms with E-state index in [1.54, 1.807) is 6.08 Å². The van der Waals surface area contributed by atoms with Crippen molar-refractivity contribution in [3.63, 3.8) is 0 Å². The standard InChI is InChI=1S/C69H131N2O6P/c1-6-8-10-12-14-16-18-20-22-24-26-28-30-31-32-33-34-35-36-37-38-39-41-43-45-47-49-51-53-55-57-59-61-63-69(73)70-67(66-77-78(74,75)76-65-64-71(3,4)5)68(72)62-60-58-56-54-52-50-48-46-44-42-40-29-27-25-23-21-19-17-15-13-11-9-7-2/h18,20,24,26,30-31,52,54,60,62,67-68,72H,6-17,19,21-23,25,27-29,32-51,53,55-59,61,63-66H2,1-5H3,(H-,70,73,74,75)/p+1/b20-18-,26-24-,31-30-,54-52+,62-60+. The highest BCUT2D eigenvalue weighted by atomic mass is 31.2. The first-order valence-electron chi connectivity index (χ1n) is 33.7. The number of carbonyl (C=O) groups is 1. The van der Waals surface area contributed by atoms with E-state index in [-0.39, 0.29) is 19.1 Å². The van der Waals surface area contributed by atoms with Crippen LogP contribution in [0.3, 0.4) is 0 Å². The summed E-state index contributed by atoms with van der Waals surface area (Å²) in [6, 6.07) is -0.865. The number of phosphoric acid groups is 1. The number of quaternary nitrogens is 1. The van der Waals surface area contributed by atoms with E-state index < -0.39 is 20.0 Å². The lowest BCUT2D eigenvalue weighted by molar-refractivity contribution is -0.870. The van der Waals surface area contributed by atoms with Crippen LogP contribution in [0.25, 0.3) is 0 Å². The summed E-state index contributed by atoms with van der Waals surface area (Å²) in [4.78, 5) is 23.4. The highest BCUT2D eigenvalue weighted by Gasteiger charge is 2.28. The topological polar surface area (TPSA) is 105 Å². The second-order valence-electron chi connectivity index (χ2n) is 24.2. The van der Waals surface area contributed by atoms with E-state index in [9.17, 15) is 19.4 Å². The summed E-state index contributed by atoms with van der Waals surface area (Å²) >= 11 is 0. The summed E-state index contributed by atoms with van der Waals surface area (Å²) < 4.78 is 23.8. The molecule has 0 fully saturated rings. The normalized spacial score (nSPS) is 14.1. The number of allylic oxidation sites excluding steroid dienone is 9. The van der Waals surface area contributed by atoms with E-state index in [1.165, 1.54) is 250 Å². The second-order valence-corrected chi connectivity index (χ2v) is 25.6. The Hall–Kier alpha value is -1.80. The molecule has 8 nitrogen and oxygen atoms in total. The van der Waals surface area contributed by atoms with Crippen molar-refractivity contribution in [2.75, 3.05) is 40.9 Å². The highest BCUT2D eigenvalue weighted by Crippen LogP contribution is 2.43. The Labute approximate surface area is 485 Å². The fraction of sp³-hybridized carbons (Fsp3) is 0.841. The van der Waals surface area contributed by atoms with Gasteiger partial charge >= 0.3 is 7.82 Å². The highest BCUT2D eigenvalue weighted by molar-refractivity contribution is 7.47. The Kier molecular flexibility index (Phi) is 58.4. The van der Waals surface area contributed by atoms with Crippen LogP contribution in [-0.4, -0.2) is 73.4 Å². The van der Waals surface area contributed by atoms with Crippen molar-refractivity contribution in [3.05, 3.63) is 60.8 Å². The van der Waals surface area contributed by atoms with Crippen LogP contribution in [0.1, 0.15) is 322 Å². The van der Waals surface area contributed by atoms with Crippen LogP contribution in [0.4, 0.5) is 0 Å². The zero-order valence-electron chi connectivity index (χ0n) is 52.4. The van der Waals surface area contributed by atoms with Crippen molar-refractivity contribution in [2.24, 2.45) is 0 Å². The molecule has 0 aromatic carbocycles. The number of rotatable bonds is 62. The van der Waals surface area contributed by atoms with Gasteiger partial charge in [0, 0.05) is 6.42 Å². The van der Waals surface area contributed by atoms with Gasteiger partial charge in [0.2, 0.25) is 5.91 Å². The van der Waals surface area contributed by atoms with E-state index in [1.807, 2.05) is 27.2 Å². The van der Waals surface area contributed by atoms with Crippen LogP contribution >= 0.6 is 7.82 Å². The maximum Gasteiger partial charge on any atom is 0.472 e. The number of aliphatic hydroxyl groups is 1. The predicted octanol–water partition coefficient (Wildman–Crippen LogP) is 21.2. The first kappa shape index (κ1) is 76.2. The molecular formula is C69H132N2O6P+. The molecule has 3 unspecified atom stereocenters. The van der Waals surface area contributed by atoms with E-state index >= 15 is 0 Å². The van der Waals surface area contributed by atoms with Gasteiger partial charge in [0.1, 0.15) is 13.2 Å². The monoisotopic (exact) mass is 1120 g/mol.